The summed E-state index contributed by atoms with van der Waals surface area (Å²) in [6.45, 7) is -0.0615. The number of halogens is 4. The Morgan fingerprint density at radius 3 is 2.40 bits per heavy atom. The molecule has 0 atom stereocenters. The van der Waals surface area contributed by atoms with Crippen LogP contribution in [0.3, 0.4) is 0 Å². The topological polar surface area (TPSA) is 46.3 Å². The van der Waals surface area contributed by atoms with Gasteiger partial charge < -0.3 is 10.6 Å². The third kappa shape index (κ3) is 4.45. The standard InChI is InChI=1S/C18H17F3N2O.ClH/c19-18(20,21)16-7-2-1-4-13(16)11-23(15-8-9-15)17(24)12-5-3-6-14(22)10-12;/h1-7,10,15H,8-9,11,22H2;1H. The average molecular weight is 371 g/mol. The van der Waals surface area contributed by atoms with Gasteiger partial charge in [-0.3, -0.25) is 4.79 Å². The molecule has 3 rings (SSSR count). The lowest BCUT2D eigenvalue weighted by molar-refractivity contribution is -0.138. The van der Waals surface area contributed by atoms with Crippen LogP contribution >= 0.6 is 12.4 Å². The van der Waals surface area contributed by atoms with E-state index in [0.29, 0.717) is 11.3 Å². The maximum absolute atomic E-state index is 13.2. The van der Waals surface area contributed by atoms with E-state index in [9.17, 15) is 18.0 Å². The van der Waals surface area contributed by atoms with Gasteiger partial charge in [0.1, 0.15) is 0 Å². The first-order chi connectivity index (χ1) is 11.4. The van der Waals surface area contributed by atoms with Gasteiger partial charge in [0.15, 0.2) is 0 Å². The fourth-order valence-electron chi connectivity index (χ4n) is 2.71. The Balaban J connectivity index is 0.00000225. The summed E-state index contributed by atoms with van der Waals surface area (Å²) in [6.07, 6.45) is -2.82. The van der Waals surface area contributed by atoms with E-state index in [1.807, 2.05) is 0 Å². The van der Waals surface area contributed by atoms with Gasteiger partial charge in [-0.2, -0.15) is 13.2 Å². The number of hydrogen-bond acceptors (Lipinski definition) is 2. The van der Waals surface area contributed by atoms with Crippen LogP contribution in [0.15, 0.2) is 48.5 Å². The Morgan fingerprint density at radius 1 is 1.12 bits per heavy atom. The van der Waals surface area contributed by atoms with Gasteiger partial charge in [-0.1, -0.05) is 24.3 Å². The number of benzene rings is 2. The smallest absolute Gasteiger partial charge is 0.399 e. The normalized spacial score (nSPS) is 13.9. The van der Waals surface area contributed by atoms with Crippen molar-refractivity contribution < 1.29 is 18.0 Å². The Hall–Kier alpha value is -2.21. The number of hydrogen-bond donors (Lipinski definition) is 1. The van der Waals surface area contributed by atoms with Crippen molar-refractivity contribution in [2.24, 2.45) is 0 Å². The Morgan fingerprint density at radius 2 is 1.80 bits per heavy atom. The van der Waals surface area contributed by atoms with Crippen LogP contribution < -0.4 is 5.73 Å². The second-order valence-corrected chi connectivity index (χ2v) is 5.94. The number of nitrogens with two attached hydrogens (primary N) is 1. The quantitative estimate of drug-likeness (QED) is 0.804. The number of carbonyl (C=O) groups is 1. The summed E-state index contributed by atoms with van der Waals surface area (Å²) < 4.78 is 39.5. The molecule has 1 amide bonds. The van der Waals surface area contributed by atoms with Crippen LogP contribution in [0.25, 0.3) is 0 Å². The number of nitrogen functional groups attached to an aromatic ring is 1. The van der Waals surface area contributed by atoms with Crippen LogP contribution in [0.5, 0.6) is 0 Å². The molecule has 1 aliphatic rings. The molecular formula is C18H18ClF3N2O. The van der Waals surface area contributed by atoms with E-state index in [0.717, 1.165) is 18.9 Å². The second kappa shape index (κ2) is 7.35. The molecule has 2 aromatic carbocycles. The first kappa shape index (κ1) is 19.1. The average Bonchev–Trinajstić information content (AvgIpc) is 3.36. The fraction of sp³-hybridized carbons (Fsp3) is 0.278. The van der Waals surface area contributed by atoms with Crippen molar-refractivity contribution in [2.75, 3.05) is 5.73 Å². The molecule has 134 valence electrons. The van der Waals surface area contributed by atoms with Crippen LogP contribution in [0, 0.1) is 0 Å². The first-order valence-electron chi connectivity index (χ1n) is 7.68. The van der Waals surface area contributed by atoms with Crippen LogP contribution in [0.1, 0.15) is 34.3 Å². The summed E-state index contributed by atoms with van der Waals surface area (Å²) in [5.41, 5.74) is 5.96. The summed E-state index contributed by atoms with van der Waals surface area (Å²) in [5, 5.41) is 0. The molecule has 0 aliphatic heterocycles. The lowest BCUT2D eigenvalue weighted by Crippen LogP contribution is -2.33. The minimum absolute atomic E-state index is 0. The molecule has 0 radical (unpaired) electrons. The lowest BCUT2D eigenvalue weighted by atomic mass is 10.1. The van der Waals surface area contributed by atoms with E-state index in [-0.39, 0.29) is 36.5 Å². The van der Waals surface area contributed by atoms with E-state index >= 15 is 0 Å². The van der Waals surface area contributed by atoms with Crippen LogP contribution in [0.2, 0.25) is 0 Å². The van der Waals surface area contributed by atoms with Crippen molar-refractivity contribution in [3.8, 4) is 0 Å². The minimum Gasteiger partial charge on any atom is -0.399 e. The third-order valence-corrected chi connectivity index (χ3v) is 4.05. The van der Waals surface area contributed by atoms with E-state index < -0.39 is 11.7 Å². The molecule has 2 aromatic rings. The van der Waals surface area contributed by atoms with Crippen molar-refractivity contribution in [1.29, 1.82) is 0 Å². The monoisotopic (exact) mass is 370 g/mol. The SMILES string of the molecule is Cl.Nc1cccc(C(=O)N(Cc2ccccc2C(F)(F)F)C2CC2)c1. The van der Waals surface area contributed by atoms with Gasteiger partial charge in [-0.25, -0.2) is 0 Å². The third-order valence-electron chi connectivity index (χ3n) is 4.05. The molecule has 0 saturated heterocycles. The summed E-state index contributed by atoms with van der Waals surface area (Å²) in [4.78, 5) is 14.2. The maximum Gasteiger partial charge on any atom is 0.416 e. The zero-order valence-corrected chi connectivity index (χ0v) is 14.1. The maximum atomic E-state index is 13.2. The summed E-state index contributed by atoms with van der Waals surface area (Å²) >= 11 is 0. The highest BCUT2D eigenvalue weighted by atomic mass is 35.5. The first-order valence-corrected chi connectivity index (χ1v) is 7.68. The predicted octanol–water partition coefficient (Wildman–Crippen LogP) is 4.51. The van der Waals surface area contributed by atoms with Gasteiger partial charge in [0.2, 0.25) is 0 Å². The molecule has 0 heterocycles. The lowest BCUT2D eigenvalue weighted by Gasteiger charge is -2.24. The van der Waals surface area contributed by atoms with Gasteiger partial charge in [0, 0.05) is 23.8 Å². The number of carbonyl (C=O) groups excluding carboxylic acids is 1. The highest BCUT2D eigenvalue weighted by molar-refractivity contribution is 5.95. The molecule has 0 aromatic heterocycles. The van der Waals surface area contributed by atoms with E-state index in [1.54, 1.807) is 30.3 Å². The van der Waals surface area contributed by atoms with Crippen molar-refractivity contribution >= 4 is 24.0 Å². The molecule has 3 nitrogen and oxygen atoms in total. The minimum atomic E-state index is -4.44. The van der Waals surface area contributed by atoms with Gasteiger partial charge in [-0.05, 0) is 42.7 Å². The number of anilines is 1. The number of alkyl halides is 3. The molecule has 0 unspecified atom stereocenters. The van der Waals surface area contributed by atoms with Crippen molar-refractivity contribution in [2.45, 2.75) is 31.6 Å². The molecule has 7 heteroatoms. The van der Waals surface area contributed by atoms with Crippen molar-refractivity contribution in [3.05, 3.63) is 65.2 Å². The number of amides is 1. The van der Waals surface area contributed by atoms with Gasteiger partial charge in [0.05, 0.1) is 5.56 Å². The summed E-state index contributed by atoms with van der Waals surface area (Å²) in [7, 11) is 0. The molecule has 25 heavy (non-hydrogen) atoms. The largest absolute Gasteiger partial charge is 0.416 e. The van der Waals surface area contributed by atoms with Gasteiger partial charge in [0.25, 0.3) is 5.91 Å². The second-order valence-electron chi connectivity index (χ2n) is 5.94. The summed E-state index contributed by atoms with van der Waals surface area (Å²) in [6, 6.07) is 11.9. The zero-order chi connectivity index (χ0) is 17.3. The van der Waals surface area contributed by atoms with Gasteiger partial charge >= 0.3 is 6.18 Å². The highest BCUT2D eigenvalue weighted by Gasteiger charge is 2.37. The summed E-state index contributed by atoms with van der Waals surface area (Å²) in [5.74, 6) is -0.290. The molecular weight excluding hydrogens is 353 g/mol. The Labute approximate surface area is 150 Å². The number of nitrogens with zero attached hydrogens (tertiary/aromatic N) is 1. The van der Waals surface area contributed by atoms with Gasteiger partial charge in [-0.15, -0.1) is 12.4 Å². The molecule has 1 fully saturated rings. The van der Waals surface area contributed by atoms with E-state index in [2.05, 4.69) is 0 Å². The fourth-order valence-corrected chi connectivity index (χ4v) is 2.71. The Bertz CT molecular complexity index is 760. The van der Waals surface area contributed by atoms with E-state index in [4.69, 9.17) is 5.73 Å². The van der Waals surface area contributed by atoms with Crippen LogP contribution in [-0.4, -0.2) is 16.8 Å². The van der Waals surface area contributed by atoms with Crippen molar-refractivity contribution in [1.82, 2.24) is 4.90 Å². The Kier molecular flexibility index (Phi) is 5.62. The molecule has 2 N–H and O–H groups in total. The molecule has 0 bridgehead atoms. The molecule has 1 saturated carbocycles. The zero-order valence-electron chi connectivity index (χ0n) is 13.3. The van der Waals surface area contributed by atoms with Crippen LogP contribution in [0.4, 0.5) is 18.9 Å². The number of rotatable bonds is 4. The van der Waals surface area contributed by atoms with E-state index in [1.165, 1.54) is 17.0 Å². The predicted molar refractivity (Wildman–Crippen MR) is 92.4 cm³/mol. The van der Waals surface area contributed by atoms with Crippen LogP contribution in [-0.2, 0) is 12.7 Å². The molecule has 1 aliphatic carbocycles. The van der Waals surface area contributed by atoms with Crippen molar-refractivity contribution in [3.63, 3.8) is 0 Å². The highest BCUT2D eigenvalue weighted by Crippen LogP contribution is 2.35. The molecule has 0 spiro atoms.